The third-order valence-corrected chi connectivity index (χ3v) is 0.408. The average molecular weight is 154 g/mol. The van der Waals surface area contributed by atoms with E-state index in [0.717, 1.165) is 0 Å². The predicted molar refractivity (Wildman–Crippen MR) is 25.2 cm³/mol. The fourth-order valence-corrected chi connectivity index (χ4v) is 0. The maximum atomic E-state index is 6.25. The zero-order chi connectivity index (χ0) is 5.41. The van der Waals surface area contributed by atoms with Gasteiger partial charge < -0.3 is 18.3 Å². The normalized spacial score (nSPS) is 4.00. The van der Waals surface area contributed by atoms with Crippen LogP contribution in [0.3, 0.4) is 0 Å². The molecule has 0 amide bonds. The van der Waals surface area contributed by atoms with Gasteiger partial charge in [0.25, 0.3) is 0 Å². The second-order valence-corrected chi connectivity index (χ2v) is 0.816. The summed E-state index contributed by atoms with van der Waals surface area (Å²) < 4.78 is 0. The van der Waals surface area contributed by atoms with Crippen molar-refractivity contribution < 1.29 is 35.9 Å². The summed E-state index contributed by atoms with van der Waals surface area (Å²) in [6, 6.07) is 0. The van der Waals surface area contributed by atoms with Crippen molar-refractivity contribution in [1.29, 1.82) is 5.26 Å². The molecule has 0 atom stereocenters. The van der Waals surface area contributed by atoms with E-state index in [2.05, 4.69) is 20.3 Å². The maximum Gasteiger partial charge on any atom is 1.00 e. The maximum absolute atomic E-state index is 6.25. The third kappa shape index (κ3) is 80.4. The summed E-state index contributed by atoms with van der Waals surface area (Å²) in [6.07, 6.45) is 3.32. The Kier molecular flexibility index (Phi) is 143. The van der Waals surface area contributed by atoms with Crippen LogP contribution in [-0.4, -0.2) is 0 Å². The molecule has 0 aliphatic carbocycles. The molecule has 1 nitrogen and oxygen atoms in total. The molecule has 0 rings (SSSR count). The van der Waals surface area contributed by atoms with E-state index in [1.165, 1.54) is 6.42 Å². The van der Waals surface area contributed by atoms with Gasteiger partial charge in [-0.15, -0.1) is 0 Å². The van der Waals surface area contributed by atoms with Crippen LogP contribution in [0.25, 0.3) is 0 Å². The van der Waals surface area contributed by atoms with Crippen molar-refractivity contribution >= 4 is 0 Å². The second kappa shape index (κ2) is 48.9. The topological polar surface area (TPSA) is 23.8 Å². The molecule has 0 radical (unpaired) electrons. The first-order chi connectivity index (χ1) is 2.91. The van der Waals surface area contributed by atoms with Crippen LogP contribution in [-0.2, 0) is 17.1 Å². The molecule has 3 heteroatoms. The van der Waals surface area contributed by atoms with E-state index >= 15 is 0 Å². The van der Waals surface area contributed by atoms with Gasteiger partial charge in [-0.05, 0) is 0 Å². The van der Waals surface area contributed by atoms with Crippen molar-refractivity contribution in [1.82, 2.24) is 0 Å². The second-order valence-electron chi connectivity index (χ2n) is 0.816. The van der Waals surface area contributed by atoms with E-state index in [1.807, 2.05) is 0 Å². The van der Waals surface area contributed by atoms with Crippen molar-refractivity contribution in [3.8, 4) is 0 Å². The van der Waals surface area contributed by atoms with Crippen LogP contribution in [0, 0.1) is 18.3 Å². The van der Waals surface area contributed by atoms with Gasteiger partial charge in [0.15, 0.2) is 0 Å². The van der Waals surface area contributed by atoms with Crippen molar-refractivity contribution in [3.05, 3.63) is 13.0 Å². The van der Waals surface area contributed by atoms with Crippen molar-refractivity contribution in [3.63, 3.8) is 0 Å². The first-order valence-electron chi connectivity index (χ1n) is 1.92. The third-order valence-electron chi connectivity index (χ3n) is 0.408. The molecule has 0 saturated carbocycles. The van der Waals surface area contributed by atoms with Gasteiger partial charge in [-0.3, -0.25) is 0 Å². The van der Waals surface area contributed by atoms with Crippen molar-refractivity contribution in [2.45, 2.75) is 20.3 Å². The van der Waals surface area contributed by atoms with Crippen LogP contribution >= 0.6 is 0 Å². The SMILES string of the molecule is C[CH-]CC.[C-]#N.[Cu+].[Li+]. The van der Waals surface area contributed by atoms with Crippen LogP contribution in [0.4, 0.5) is 0 Å². The molecule has 0 unspecified atom stereocenters. The van der Waals surface area contributed by atoms with E-state index in [9.17, 15) is 0 Å². The Bertz CT molecular complexity index is 28.9. The summed E-state index contributed by atoms with van der Waals surface area (Å²) in [7, 11) is 0. The fourth-order valence-electron chi connectivity index (χ4n) is 0. The Morgan fingerprint density at radius 3 is 1.62 bits per heavy atom. The smallest absolute Gasteiger partial charge is 0.512 e. The molecule has 0 spiro atoms. The largest absolute Gasteiger partial charge is 1.00 e. The molecule has 0 aromatic rings. The molecule has 0 N–H and O–H groups in total. The monoisotopic (exact) mass is 153 g/mol. The first kappa shape index (κ1) is 23.5. The molecular formula is C5H9CuLiN. The summed E-state index contributed by atoms with van der Waals surface area (Å²) in [5, 5.41) is 6.25. The molecule has 0 aliphatic rings. The Labute approximate surface area is 74.5 Å². The molecule has 0 aliphatic heterocycles. The first-order valence-corrected chi connectivity index (χ1v) is 1.92. The van der Waals surface area contributed by atoms with Gasteiger partial charge in [0, 0.05) is 0 Å². The molecule has 0 aromatic heterocycles. The summed E-state index contributed by atoms with van der Waals surface area (Å²) in [5.41, 5.74) is 0. The van der Waals surface area contributed by atoms with Crippen molar-refractivity contribution in [2.24, 2.45) is 0 Å². The van der Waals surface area contributed by atoms with Gasteiger partial charge in [0.05, 0.1) is 0 Å². The van der Waals surface area contributed by atoms with Crippen LogP contribution in [0.15, 0.2) is 0 Å². The molecule has 0 heterocycles. The molecule has 0 aromatic carbocycles. The van der Waals surface area contributed by atoms with Crippen LogP contribution in [0.1, 0.15) is 20.3 Å². The zero-order valence-corrected chi connectivity index (χ0v) is 6.47. The van der Waals surface area contributed by atoms with Crippen molar-refractivity contribution in [2.75, 3.05) is 0 Å². The van der Waals surface area contributed by atoms with E-state index in [4.69, 9.17) is 11.8 Å². The number of hydrogen-bond donors (Lipinski definition) is 0. The Morgan fingerprint density at radius 1 is 1.50 bits per heavy atom. The molecule has 0 saturated heterocycles. The van der Waals surface area contributed by atoms with Crippen LogP contribution < -0.4 is 18.9 Å². The quantitative estimate of drug-likeness (QED) is 0.340. The van der Waals surface area contributed by atoms with E-state index < -0.39 is 0 Å². The zero-order valence-electron chi connectivity index (χ0n) is 5.53. The standard InChI is InChI=1S/C4H9.CN.Cu.Li/c1-3-4-2;1-2;;/h3H,4H2,1-2H3;;;/q2*-1;2*+1. The summed E-state index contributed by atoms with van der Waals surface area (Å²) >= 11 is 0. The minimum absolute atomic E-state index is 0. The summed E-state index contributed by atoms with van der Waals surface area (Å²) in [4.78, 5) is 0. The molecule has 46 valence electrons. The number of nitrogens with zero attached hydrogens (tertiary/aromatic N) is 1. The fraction of sp³-hybridized carbons (Fsp3) is 0.600. The van der Waals surface area contributed by atoms with E-state index in [0.29, 0.717) is 0 Å². The summed E-state index contributed by atoms with van der Waals surface area (Å²) in [5.74, 6) is 0. The van der Waals surface area contributed by atoms with Gasteiger partial charge in [-0.25, -0.2) is 0 Å². The number of unbranched alkanes of at least 4 members (excludes halogenated alkanes) is 1. The van der Waals surface area contributed by atoms with Crippen LogP contribution in [0.5, 0.6) is 0 Å². The van der Waals surface area contributed by atoms with Gasteiger partial charge >= 0.3 is 35.9 Å². The van der Waals surface area contributed by atoms with Crippen LogP contribution in [0.2, 0.25) is 0 Å². The number of hydrogen-bond acceptors (Lipinski definition) is 1. The molecule has 8 heavy (non-hydrogen) atoms. The van der Waals surface area contributed by atoms with E-state index in [-0.39, 0.29) is 35.9 Å². The van der Waals surface area contributed by atoms with Gasteiger partial charge in [-0.1, -0.05) is 6.92 Å². The molecule has 0 bridgehead atoms. The Morgan fingerprint density at radius 2 is 1.62 bits per heavy atom. The Hall–Kier alpha value is 0.607. The minimum Gasteiger partial charge on any atom is -0.512 e. The van der Waals surface area contributed by atoms with Gasteiger partial charge in [0.1, 0.15) is 0 Å². The van der Waals surface area contributed by atoms with E-state index in [1.54, 1.807) is 0 Å². The van der Waals surface area contributed by atoms with Gasteiger partial charge in [-0.2, -0.15) is 13.3 Å². The average Bonchev–Trinajstić information content (AvgIpc) is 1.72. The molecular weight excluding hydrogens is 145 g/mol. The van der Waals surface area contributed by atoms with Gasteiger partial charge in [0.2, 0.25) is 0 Å². The number of rotatable bonds is 1. The molecule has 0 fully saturated rings. The predicted octanol–water partition coefficient (Wildman–Crippen LogP) is -1.28. The minimum atomic E-state index is 0. The summed E-state index contributed by atoms with van der Waals surface area (Å²) in [6.45, 7) is 8.93. The Balaban J connectivity index is -0.0000000183.